The molecule has 0 heterocycles. The summed E-state index contributed by atoms with van der Waals surface area (Å²) in [6.45, 7) is 8.82. The van der Waals surface area contributed by atoms with E-state index < -0.39 is 13.1 Å². The van der Waals surface area contributed by atoms with Crippen molar-refractivity contribution in [2.75, 3.05) is 0 Å². The Labute approximate surface area is 183 Å². The quantitative estimate of drug-likeness (QED) is 0.476. The van der Waals surface area contributed by atoms with Gasteiger partial charge < -0.3 is 6.15 Å². The van der Waals surface area contributed by atoms with Gasteiger partial charge in [0.25, 0.3) is 13.1 Å². The van der Waals surface area contributed by atoms with E-state index in [1.165, 1.54) is 40.0 Å². The molecular formula is C28H32AlN. The van der Waals surface area contributed by atoms with Gasteiger partial charge in [-0.25, -0.2) is 17.7 Å². The van der Waals surface area contributed by atoms with Crippen molar-refractivity contribution in [1.82, 2.24) is 6.15 Å². The molecule has 0 spiro atoms. The first kappa shape index (κ1) is 22.1. The molecule has 0 aliphatic carbocycles. The lowest BCUT2D eigenvalue weighted by molar-refractivity contribution is 1.46. The predicted molar refractivity (Wildman–Crippen MR) is 135 cm³/mol. The first-order valence-corrected chi connectivity index (χ1v) is 12.7. The molecule has 0 aromatic heterocycles. The van der Waals surface area contributed by atoms with Crippen LogP contribution in [0.5, 0.6) is 0 Å². The number of hydrogen-bond acceptors (Lipinski definition) is 0. The van der Waals surface area contributed by atoms with Crippen LogP contribution in [-0.2, 0) is 0 Å². The van der Waals surface area contributed by atoms with Gasteiger partial charge in [-0.3, -0.25) is 0 Å². The Kier molecular flexibility index (Phi) is 6.64. The highest BCUT2D eigenvalue weighted by Crippen LogP contribution is 2.13. The molecule has 0 aliphatic rings. The third kappa shape index (κ3) is 4.00. The van der Waals surface area contributed by atoms with Gasteiger partial charge in [-0.05, 0) is 27.7 Å². The predicted octanol–water partition coefficient (Wildman–Crippen LogP) is 4.67. The van der Waals surface area contributed by atoms with Gasteiger partial charge in [0.2, 0.25) is 0 Å². The van der Waals surface area contributed by atoms with E-state index in [1.807, 2.05) is 0 Å². The SMILES string of the molecule is Cc1ccc[c]([Al-]([c]2cccc(C)c2)([c]2cccc(C)c2)[c]2cccc(C)c2)c1.[NH4+]. The van der Waals surface area contributed by atoms with E-state index in [-0.39, 0.29) is 6.15 Å². The zero-order valence-electron chi connectivity index (χ0n) is 18.8. The van der Waals surface area contributed by atoms with Crippen molar-refractivity contribution < 1.29 is 0 Å². The van der Waals surface area contributed by atoms with E-state index in [4.69, 9.17) is 0 Å². The van der Waals surface area contributed by atoms with Gasteiger partial charge in [0.15, 0.2) is 0 Å². The number of quaternary nitrogens is 1. The molecule has 2 heteroatoms. The summed E-state index contributed by atoms with van der Waals surface area (Å²) in [6, 6.07) is 36.8. The van der Waals surface area contributed by atoms with E-state index in [0.717, 1.165) is 0 Å². The molecule has 0 unspecified atom stereocenters. The van der Waals surface area contributed by atoms with Crippen molar-refractivity contribution in [3.05, 3.63) is 119 Å². The standard InChI is InChI=1S/4C7H7.Al.H3N/c4*1-7-5-3-2-4-6-7;;/h4*2-3,5-6H,1H3;;1H3/q;;;;-1;/p+1. The van der Waals surface area contributed by atoms with E-state index in [2.05, 4.69) is 125 Å². The van der Waals surface area contributed by atoms with Crippen molar-refractivity contribution in [2.24, 2.45) is 0 Å². The smallest absolute Gasteiger partial charge is 0.267 e. The second-order valence-corrected chi connectivity index (χ2v) is 12.9. The van der Waals surface area contributed by atoms with Crippen molar-refractivity contribution in [3.63, 3.8) is 0 Å². The number of rotatable bonds is 4. The molecule has 0 radical (unpaired) electrons. The van der Waals surface area contributed by atoms with Gasteiger partial charge in [-0.1, -0.05) is 70.8 Å². The highest BCUT2D eigenvalue weighted by molar-refractivity contribution is 7.19. The largest absolute Gasteiger partial charge is 0.369 e. The Hall–Kier alpha value is -2.63. The van der Waals surface area contributed by atoms with Gasteiger partial charge in [-0.2, -0.15) is 0 Å². The third-order valence-electron chi connectivity index (χ3n) is 6.17. The Bertz CT molecular complexity index is 975. The average Bonchev–Trinajstić information content (AvgIpc) is 2.69. The molecule has 0 saturated heterocycles. The topological polar surface area (TPSA) is 36.5 Å². The summed E-state index contributed by atoms with van der Waals surface area (Å²) >= 11 is -2.84. The van der Waals surface area contributed by atoms with Crippen LogP contribution in [0.25, 0.3) is 0 Å². The van der Waals surface area contributed by atoms with Gasteiger partial charge >= 0.3 is 0 Å². The van der Waals surface area contributed by atoms with Crippen LogP contribution < -0.4 is 23.9 Å². The Morgan fingerprint density at radius 2 is 0.633 bits per heavy atom. The fraction of sp³-hybridized carbons (Fsp3) is 0.143. The first-order chi connectivity index (χ1) is 14.0. The average molecular weight is 410 g/mol. The molecule has 0 bridgehead atoms. The summed E-state index contributed by atoms with van der Waals surface area (Å²) in [6.07, 6.45) is 0. The first-order valence-electron chi connectivity index (χ1n) is 10.4. The molecule has 0 aliphatic heterocycles. The minimum absolute atomic E-state index is 0. The van der Waals surface area contributed by atoms with Crippen molar-refractivity contribution in [1.29, 1.82) is 0 Å². The van der Waals surface area contributed by atoms with E-state index in [1.54, 1.807) is 0 Å². The molecule has 0 saturated carbocycles. The molecular weight excluding hydrogens is 377 g/mol. The molecule has 1 nitrogen and oxygen atoms in total. The minimum Gasteiger partial charge on any atom is -0.369 e. The zero-order chi connectivity index (χ0) is 20.4. The highest BCUT2D eigenvalue weighted by Gasteiger charge is 2.36. The maximum Gasteiger partial charge on any atom is 0.267 e. The molecule has 4 aromatic carbocycles. The highest BCUT2D eigenvalue weighted by atomic mass is 27.2. The molecule has 0 amide bonds. The fourth-order valence-corrected chi connectivity index (χ4v) is 10.9. The van der Waals surface area contributed by atoms with Crippen molar-refractivity contribution in [3.8, 4) is 0 Å². The number of hydrogen-bond donors (Lipinski definition) is 1. The van der Waals surface area contributed by atoms with E-state index in [9.17, 15) is 0 Å². The van der Waals surface area contributed by atoms with E-state index >= 15 is 0 Å². The third-order valence-corrected chi connectivity index (χ3v) is 11.6. The van der Waals surface area contributed by atoms with Crippen LogP contribution in [0.2, 0.25) is 0 Å². The minimum atomic E-state index is -2.84. The van der Waals surface area contributed by atoms with Crippen LogP contribution in [0, 0.1) is 27.7 Å². The molecule has 0 fully saturated rings. The van der Waals surface area contributed by atoms with E-state index in [0.29, 0.717) is 0 Å². The summed E-state index contributed by atoms with van der Waals surface area (Å²) in [5.74, 6) is 0. The van der Waals surface area contributed by atoms with Gasteiger partial charge in [-0.15, -0.1) is 48.5 Å². The summed E-state index contributed by atoms with van der Waals surface area (Å²) < 4.78 is 5.89. The van der Waals surface area contributed by atoms with Crippen molar-refractivity contribution >= 4 is 30.8 Å². The summed E-state index contributed by atoms with van der Waals surface area (Å²) in [5.41, 5.74) is 5.28. The zero-order valence-corrected chi connectivity index (χ0v) is 20.0. The molecule has 152 valence electrons. The lowest BCUT2D eigenvalue weighted by Gasteiger charge is -2.41. The van der Waals surface area contributed by atoms with Crippen LogP contribution >= 0.6 is 0 Å². The monoisotopic (exact) mass is 409 g/mol. The number of benzene rings is 4. The summed E-state index contributed by atoms with van der Waals surface area (Å²) in [7, 11) is 0. The maximum absolute atomic E-state index is 2.84. The Morgan fingerprint density at radius 3 is 0.833 bits per heavy atom. The van der Waals surface area contributed by atoms with Gasteiger partial charge in [0.1, 0.15) is 0 Å². The summed E-state index contributed by atoms with van der Waals surface area (Å²) in [4.78, 5) is 0. The Balaban J connectivity index is 0.00000256. The molecule has 0 atom stereocenters. The number of aryl methyl sites for hydroxylation is 4. The van der Waals surface area contributed by atoms with Crippen LogP contribution in [0.4, 0.5) is 0 Å². The maximum atomic E-state index is 2.41. The molecule has 4 aromatic rings. The van der Waals surface area contributed by atoms with Crippen LogP contribution in [0.3, 0.4) is 0 Å². The summed E-state index contributed by atoms with van der Waals surface area (Å²) in [5, 5.41) is 0. The van der Waals surface area contributed by atoms with Crippen molar-refractivity contribution in [2.45, 2.75) is 27.7 Å². The lowest BCUT2D eigenvalue weighted by Crippen LogP contribution is -2.75. The second-order valence-electron chi connectivity index (χ2n) is 8.52. The van der Waals surface area contributed by atoms with Crippen LogP contribution in [0.15, 0.2) is 97.1 Å². The fourth-order valence-electron chi connectivity index (χ4n) is 4.91. The van der Waals surface area contributed by atoms with Crippen LogP contribution in [0.1, 0.15) is 22.3 Å². The van der Waals surface area contributed by atoms with Gasteiger partial charge in [0, 0.05) is 0 Å². The van der Waals surface area contributed by atoms with Crippen LogP contribution in [-0.4, -0.2) is 13.1 Å². The lowest BCUT2D eigenvalue weighted by atomic mass is 10.2. The molecule has 30 heavy (non-hydrogen) atoms. The Morgan fingerprint density at radius 1 is 0.400 bits per heavy atom. The van der Waals surface area contributed by atoms with Gasteiger partial charge in [0.05, 0.1) is 0 Å². The molecule has 4 N–H and O–H groups in total. The normalized spacial score (nSPS) is 11.1. The molecule has 4 rings (SSSR count). The second kappa shape index (κ2) is 9.03.